The van der Waals surface area contributed by atoms with Gasteiger partial charge in [0.2, 0.25) is 0 Å². The second-order valence-corrected chi connectivity index (χ2v) is 8.28. The minimum Gasteiger partial charge on any atom is -0.504 e. The summed E-state index contributed by atoms with van der Waals surface area (Å²) < 4.78 is 17.3. The molecule has 30 heavy (non-hydrogen) atoms. The molecule has 1 heterocycles. The number of phenols is 1. The van der Waals surface area contributed by atoms with Crippen molar-refractivity contribution in [2.75, 3.05) is 12.4 Å². The first-order valence-electron chi connectivity index (χ1n) is 10.5. The minimum absolute atomic E-state index is 0.0871. The average molecular weight is 410 g/mol. The van der Waals surface area contributed by atoms with Crippen molar-refractivity contribution in [2.24, 2.45) is 0 Å². The molecule has 2 fully saturated rings. The SMILES string of the molecule is COc1cc(CN(C(=O)Nc2ccc3c(c2)OC2(CCCC2)O3)C2CC2)ccc1O. The van der Waals surface area contributed by atoms with Gasteiger partial charge in [0.25, 0.3) is 5.79 Å². The number of fused-ring (bicyclic) bond motifs is 1. The van der Waals surface area contributed by atoms with Crippen LogP contribution in [0, 0.1) is 0 Å². The fourth-order valence-electron chi connectivity index (χ4n) is 4.25. The number of anilines is 1. The summed E-state index contributed by atoms with van der Waals surface area (Å²) in [5, 5.41) is 12.8. The van der Waals surface area contributed by atoms with Gasteiger partial charge in [0, 0.05) is 37.2 Å². The van der Waals surface area contributed by atoms with Crippen molar-refractivity contribution in [1.82, 2.24) is 4.90 Å². The summed E-state index contributed by atoms with van der Waals surface area (Å²) in [6, 6.07) is 10.8. The monoisotopic (exact) mass is 410 g/mol. The molecule has 7 nitrogen and oxygen atoms in total. The van der Waals surface area contributed by atoms with Crippen molar-refractivity contribution < 1.29 is 24.1 Å². The van der Waals surface area contributed by atoms with Crippen LogP contribution >= 0.6 is 0 Å². The highest BCUT2D eigenvalue weighted by Crippen LogP contribution is 2.47. The third-order valence-corrected chi connectivity index (χ3v) is 6.00. The first-order chi connectivity index (χ1) is 14.5. The van der Waals surface area contributed by atoms with E-state index in [1.54, 1.807) is 12.1 Å². The zero-order valence-electron chi connectivity index (χ0n) is 17.0. The molecule has 2 aliphatic carbocycles. The van der Waals surface area contributed by atoms with Gasteiger partial charge in [-0.3, -0.25) is 0 Å². The maximum atomic E-state index is 13.0. The van der Waals surface area contributed by atoms with Crippen molar-refractivity contribution in [3.05, 3.63) is 42.0 Å². The van der Waals surface area contributed by atoms with Gasteiger partial charge in [0.1, 0.15) is 0 Å². The molecule has 0 unspecified atom stereocenters. The van der Waals surface area contributed by atoms with Gasteiger partial charge in [0.05, 0.1) is 7.11 Å². The Morgan fingerprint density at radius 2 is 1.93 bits per heavy atom. The molecule has 2 amide bonds. The number of hydrogen-bond acceptors (Lipinski definition) is 5. The van der Waals surface area contributed by atoms with Crippen LogP contribution in [0.5, 0.6) is 23.0 Å². The van der Waals surface area contributed by atoms with Gasteiger partial charge in [-0.1, -0.05) is 6.07 Å². The number of nitrogens with zero attached hydrogens (tertiary/aromatic N) is 1. The second kappa shape index (κ2) is 7.31. The van der Waals surface area contributed by atoms with Crippen molar-refractivity contribution in [3.8, 4) is 23.0 Å². The third-order valence-electron chi connectivity index (χ3n) is 6.00. The Balaban J connectivity index is 1.29. The molecule has 1 aliphatic heterocycles. The first kappa shape index (κ1) is 18.9. The first-order valence-corrected chi connectivity index (χ1v) is 10.5. The zero-order valence-corrected chi connectivity index (χ0v) is 17.0. The van der Waals surface area contributed by atoms with E-state index in [0.717, 1.165) is 49.8 Å². The Morgan fingerprint density at radius 1 is 1.17 bits per heavy atom. The zero-order chi connectivity index (χ0) is 20.7. The molecule has 0 bridgehead atoms. The number of amides is 2. The highest BCUT2D eigenvalue weighted by atomic mass is 16.7. The standard InChI is InChI=1S/C23H26N2O5/c1-28-20-12-15(4-8-18(20)26)14-25(17-6-7-17)22(27)24-16-5-9-19-21(13-16)30-23(29-19)10-2-3-11-23/h4-5,8-9,12-13,17,26H,2-3,6-7,10-11,14H2,1H3,(H,24,27). The van der Waals surface area contributed by atoms with E-state index in [0.29, 0.717) is 23.7 Å². The Labute approximate surface area is 175 Å². The van der Waals surface area contributed by atoms with Crippen LogP contribution in [0.1, 0.15) is 44.1 Å². The van der Waals surface area contributed by atoms with Gasteiger partial charge in [-0.2, -0.15) is 0 Å². The number of carbonyl (C=O) groups is 1. The Bertz CT molecular complexity index is 966. The smallest absolute Gasteiger partial charge is 0.322 e. The Kier molecular flexibility index (Phi) is 4.60. The van der Waals surface area contributed by atoms with Gasteiger partial charge in [-0.25, -0.2) is 4.79 Å². The van der Waals surface area contributed by atoms with Crippen LogP contribution in [-0.4, -0.2) is 35.0 Å². The number of urea groups is 1. The molecular formula is C23H26N2O5. The highest BCUT2D eigenvalue weighted by Gasteiger charge is 2.44. The van der Waals surface area contributed by atoms with E-state index < -0.39 is 5.79 Å². The highest BCUT2D eigenvalue weighted by molar-refractivity contribution is 5.90. The lowest BCUT2D eigenvalue weighted by Crippen LogP contribution is -2.36. The van der Waals surface area contributed by atoms with E-state index in [2.05, 4.69) is 5.32 Å². The van der Waals surface area contributed by atoms with Crippen molar-refractivity contribution >= 4 is 11.7 Å². The molecule has 0 saturated heterocycles. The van der Waals surface area contributed by atoms with E-state index in [1.165, 1.54) is 7.11 Å². The van der Waals surface area contributed by atoms with E-state index in [1.807, 2.05) is 29.2 Å². The topological polar surface area (TPSA) is 80.3 Å². The molecule has 5 rings (SSSR count). The summed E-state index contributed by atoms with van der Waals surface area (Å²) in [6.07, 6.45) is 5.99. The predicted octanol–water partition coefficient (Wildman–Crippen LogP) is 4.64. The summed E-state index contributed by atoms with van der Waals surface area (Å²) in [5.41, 5.74) is 1.59. The van der Waals surface area contributed by atoms with Crippen LogP contribution in [0.25, 0.3) is 0 Å². The summed E-state index contributed by atoms with van der Waals surface area (Å²) in [7, 11) is 1.51. The lowest BCUT2D eigenvalue weighted by Gasteiger charge is -2.23. The number of hydrogen-bond donors (Lipinski definition) is 2. The summed E-state index contributed by atoms with van der Waals surface area (Å²) in [5.74, 6) is 1.41. The minimum atomic E-state index is -0.511. The van der Waals surface area contributed by atoms with Crippen LogP contribution in [0.3, 0.4) is 0 Å². The molecule has 1 spiro atoms. The number of carbonyl (C=O) groups excluding carboxylic acids is 1. The van der Waals surface area contributed by atoms with Gasteiger partial charge in [-0.05, 0) is 55.5 Å². The number of methoxy groups -OCH3 is 1. The molecular weight excluding hydrogens is 384 g/mol. The Hall–Kier alpha value is -3.09. The number of aromatic hydroxyl groups is 1. The van der Waals surface area contributed by atoms with Crippen molar-refractivity contribution in [2.45, 2.75) is 56.9 Å². The number of phenolic OH excluding ortho intramolecular Hbond substituents is 1. The number of ether oxygens (including phenoxy) is 3. The van der Waals surface area contributed by atoms with Gasteiger partial charge in [0.15, 0.2) is 23.0 Å². The van der Waals surface area contributed by atoms with Crippen LogP contribution in [0.4, 0.5) is 10.5 Å². The number of nitrogens with one attached hydrogen (secondary N) is 1. The van der Waals surface area contributed by atoms with Gasteiger partial charge in [-0.15, -0.1) is 0 Å². The maximum absolute atomic E-state index is 13.0. The van der Waals surface area contributed by atoms with E-state index in [-0.39, 0.29) is 17.8 Å². The lowest BCUT2D eigenvalue weighted by atomic mass is 10.2. The molecule has 2 aromatic rings. The number of rotatable bonds is 5. The molecule has 2 aromatic carbocycles. The maximum Gasteiger partial charge on any atom is 0.322 e. The fourth-order valence-corrected chi connectivity index (χ4v) is 4.25. The molecule has 158 valence electrons. The largest absolute Gasteiger partial charge is 0.504 e. The van der Waals surface area contributed by atoms with Crippen molar-refractivity contribution in [1.29, 1.82) is 0 Å². The van der Waals surface area contributed by atoms with E-state index >= 15 is 0 Å². The van der Waals surface area contributed by atoms with Gasteiger partial charge >= 0.3 is 6.03 Å². The molecule has 7 heteroatoms. The van der Waals surface area contributed by atoms with E-state index in [4.69, 9.17) is 14.2 Å². The number of benzene rings is 2. The molecule has 2 saturated carbocycles. The summed E-state index contributed by atoms with van der Waals surface area (Å²) >= 11 is 0. The fraction of sp³-hybridized carbons (Fsp3) is 0.435. The van der Waals surface area contributed by atoms with Crippen LogP contribution in [0.2, 0.25) is 0 Å². The van der Waals surface area contributed by atoms with Crippen LogP contribution < -0.4 is 19.5 Å². The quantitative estimate of drug-likeness (QED) is 0.751. The molecule has 2 N–H and O–H groups in total. The Morgan fingerprint density at radius 3 is 2.67 bits per heavy atom. The molecule has 0 radical (unpaired) electrons. The average Bonchev–Trinajstić information content (AvgIpc) is 3.38. The molecule has 3 aliphatic rings. The summed E-state index contributed by atoms with van der Waals surface area (Å²) in [4.78, 5) is 14.9. The lowest BCUT2D eigenvalue weighted by molar-refractivity contribution is -0.0716. The molecule has 0 atom stereocenters. The normalized spacial score (nSPS) is 18.4. The van der Waals surface area contributed by atoms with Crippen LogP contribution in [0.15, 0.2) is 36.4 Å². The van der Waals surface area contributed by atoms with E-state index in [9.17, 15) is 9.90 Å². The summed E-state index contributed by atoms with van der Waals surface area (Å²) in [6.45, 7) is 0.445. The third kappa shape index (κ3) is 3.60. The molecule has 0 aromatic heterocycles. The predicted molar refractivity (Wildman–Crippen MR) is 111 cm³/mol. The van der Waals surface area contributed by atoms with Crippen molar-refractivity contribution in [3.63, 3.8) is 0 Å². The van der Waals surface area contributed by atoms with Gasteiger partial charge < -0.3 is 29.5 Å². The van der Waals surface area contributed by atoms with Crippen LogP contribution in [-0.2, 0) is 6.54 Å². The second-order valence-electron chi connectivity index (χ2n) is 8.28.